The largest absolute Gasteiger partial charge is 0.497 e. The van der Waals surface area contributed by atoms with Gasteiger partial charge >= 0.3 is 0 Å². The molecule has 130 valence electrons. The first kappa shape index (κ1) is 18.0. The fourth-order valence-electron chi connectivity index (χ4n) is 2.60. The van der Waals surface area contributed by atoms with Crippen LogP contribution in [-0.4, -0.2) is 36.7 Å². The predicted molar refractivity (Wildman–Crippen MR) is 100 cm³/mol. The summed E-state index contributed by atoms with van der Waals surface area (Å²) in [6.07, 6.45) is 4.98. The summed E-state index contributed by atoms with van der Waals surface area (Å²) < 4.78 is 5.18. The first-order chi connectivity index (χ1) is 11.8. The topological polar surface area (TPSA) is 50.3 Å². The number of rotatable bonds is 10. The molecule has 5 nitrogen and oxygen atoms in total. The lowest BCUT2D eigenvalue weighted by Crippen LogP contribution is -2.26. The van der Waals surface area contributed by atoms with E-state index in [-0.39, 0.29) is 0 Å². The molecule has 2 aromatic rings. The van der Waals surface area contributed by atoms with Crippen molar-refractivity contribution in [1.29, 1.82) is 0 Å². The summed E-state index contributed by atoms with van der Waals surface area (Å²) >= 11 is 0. The molecule has 24 heavy (non-hydrogen) atoms. The van der Waals surface area contributed by atoms with Crippen molar-refractivity contribution in [2.45, 2.75) is 33.1 Å². The second-order valence-corrected chi connectivity index (χ2v) is 5.75. The molecule has 0 bridgehead atoms. The highest BCUT2D eigenvalue weighted by Crippen LogP contribution is 2.14. The Balaban J connectivity index is 1.91. The maximum Gasteiger partial charge on any atom is 0.224 e. The zero-order chi connectivity index (χ0) is 17.2. The highest BCUT2D eigenvalue weighted by molar-refractivity contribution is 5.42. The van der Waals surface area contributed by atoms with E-state index in [2.05, 4.69) is 46.2 Å². The van der Waals surface area contributed by atoms with E-state index in [0.717, 1.165) is 50.5 Å². The quantitative estimate of drug-likeness (QED) is 0.719. The molecule has 0 radical (unpaired) electrons. The third kappa shape index (κ3) is 5.41. The second kappa shape index (κ2) is 9.75. The summed E-state index contributed by atoms with van der Waals surface area (Å²) in [5, 5.41) is 3.32. The van der Waals surface area contributed by atoms with Crippen LogP contribution in [0, 0.1) is 0 Å². The van der Waals surface area contributed by atoms with Crippen LogP contribution in [0.25, 0.3) is 0 Å². The number of hydrogen-bond donors (Lipinski definition) is 1. The van der Waals surface area contributed by atoms with Crippen LogP contribution in [0.15, 0.2) is 36.5 Å². The van der Waals surface area contributed by atoms with E-state index in [1.54, 1.807) is 7.11 Å². The number of nitrogens with zero attached hydrogens (tertiary/aromatic N) is 3. The standard InChI is InChI=1S/C19H28N4O/c1-4-14-23(15-5-2)18-11-13-21-19(22-18)20-12-10-16-6-8-17(24-3)9-7-16/h6-9,11,13H,4-5,10,12,14-15H2,1-3H3,(H,20,21,22). The minimum Gasteiger partial charge on any atom is -0.497 e. The Hall–Kier alpha value is -2.30. The van der Waals surface area contributed by atoms with Crippen LogP contribution in [0.1, 0.15) is 32.3 Å². The summed E-state index contributed by atoms with van der Waals surface area (Å²) in [7, 11) is 1.68. The van der Waals surface area contributed by atoms with E-state index < -0.39 is 0 Å². The molecule has 0 saturated heterocycles. The van der Waals surface area contributed by atoms with Crippen LogP contribution in [0.5, 0.6) is 5.75 Å². The summed E-state index contributed by atoms with van der Waals surface area (Å²) in [6.45, 7) is 7.24. The number of ether oxygens (including phenoxy) is 1. The normalized spacial score (nSPS) is 10.5. The van der Waals surface area contributed by atoms with Crippen LogP contribution >= 0.6 is 0 Å². The molecule has 1 aromatic heterocycles. The molecule has 0 aliphatic heterocycles. The van der Waals surface area contributed by atoms with Crippen LogP contribution in [0.4, 0.5) is 11.8 Å². The van der Waals surface area contributed by atoms with Crippen LogP contribution in [0.2, 0.25) is 0 Å². The van der Waals surface area contributed by atoms with Gasteiger partial charge in [0.1, 0.15) is 11.6 Å². The summed E-state index contributed by atoms with van der Waals surface area (Å²) in [5.74, 6) is 2.58. The minimum atomic E-state index is 0.693. The van der Waals surface area contributed by atoms with Crippen LogP contribution in [0.3, 0.4) is 0 Å². The first-order valence-electron chi connectivity index (χ1n) is 8.71. The van der Waals surface area contributed by atoms with Gasteiger partial charge in [-0.3, -0.25) is 0 Å². The highest BCUT2D eigenvalue weighted by atomic mass is 16.5. The van der Waals surface area contributed by atoms with Crippen molar-refractivity contribution in [3.8, 4) is 5.75 Å². The Labute approximate surface area is 145 Å². The molecule has 0 unspecified atom stereocenters. The van der Waals surface area contributed by atoms with E-state index in [4.69, 9.17) is 4.74 Å². The summed E-state index contributed by atoms with van der Waals surface area (Å²) in [4.78, 5) is 11.3. The third-order valence-electron chi connectivity index (χ3n) is 3.81. The average molecular weight is 328 g/mol. The van der Waals surface area contributed by atoms with Crippen molar-refractivity contribution in [1.82, 2.24) is 9.97 Å². The lowest BCUT2D eigenvalue weighted by molar-refractivity contribution is 0.414. The van der Waals surface area contributed by atoms with Gasteiger partial charge in [0.25, 0.3) is 0 Å². The minimum absolute atomic E-state index is 0.693. The fraction of sp³-hybridized carbons (Fsp3) is 0.474. The number of aromatic nitrogens is 2. The van der Waals surface area contributed by atoms with Crippen molar-refractivity contribution in [3.63, 3.8) is 0 Å². The number of methoxy groups -OCH3 is 1. The summed E-state index contributed by atoms with van der Waals surface area (Å²) in [5.41, 5.74) is 1.26. The molecule has 2 rings (SSSR count). The van der Waals surface area contributed by atoms with Crippen molar-refractivity contribution >= 4 is 11.8 Å². The number of nitrogens with one attached hydrogen (secondary N) is 1. The molecular weight excluding hydrogens is 300 g/mol. The molecule has 0 fully saturated rings. The molecular formula is C19H28N4O. The zero-order valence-corrected chi connectivity index (χ0v) is 15.0. The Morgan fingerprint density at radius 1 is 1.04 bits per heavy atom. The maximum absolute atomic E-state index is 5.18. The Morgan fingerprint density at radius 3 is 2.38 bits per heavy atom. The predicted octanol–water partition coefficient (Wildman–Crippen LogP) is 3.77. The van der Waals surface area contributed by atoms with Gasteiger partial charge in [-0.05, 0) is 43.0 Å². The number of hydrogen-bond acceptors (Lipinski definition) is 5. The second-order valence-electron chi connectivity index (χ2n) is 5.75. The third-order valence-corrected chi connectivity index (χ3v) is 3.81. The van der Waals surface area contributed by atoms with Crippen molar-refractivity contribution in [2.75, 3.05) is 37.0 Å². The molecule has 0 saturated carbocycles. The van der Waals surface area contributed by atoms with Crippen molar-refractivity contribution in [2.24, 2.45) is 0 Å². The number of anilines is 2. The highest BCUT2D eigenvalue weighted by Gasteiger charge is 2.07. The molecule has 0 spiro atoms. The molecule has 1 N–H and O–H groups in total. The average Bonchev–Trinajstić information content (AvgIpc) is 2.62. The van der Waals surface area contributed by atoms with Gasteiger partial charge in [-0.25, -0.2) is 4.98 Å². The van der Waals surface area contributed by atoms with E-state index in [1.165, 1.54) is 5.56 Å². The molecule has 1 aromatic carbocycles. The molecule has 0 aliphatic rings. The van der Waals surface area contributed by atoms with Gasteiger partial charge < -0.3 is 15.0 Å². The monoisotopic (exact) mass is 328 g/mol. The lowest BCUT2D eigenvalue weighted by Gasteiger charge is -2.22. The molecule has 0 aliphatic carbocycles. The zero-order valence-electron chi connectivity index (χ0n) is 15.0. The Kier molecular flexibility index (Phi) is 7.33. The smallest absolute Gasteiger partial charge is 0.224 e. The van der Waals surface area contributed by atoms with Gasteiger partial charge in [-0.1, -0.05) is 26.0 Å². The van der Waals surface area contributed by atoms with Gasteiger partial charge in [0.2, 0.25) is 5.95 Å². The molecule has 1 heterocycles. The van der Waals surface area contributed by atoms with Gasteiger partial charge in [0.05, 0.1) is 7.11 Å². The van der Waals surface area contributed by atoms with E-state index in [9.17, 15) is 0 Å². The van der Waals surface area contributed by atoms with Gasteiger partial charge in [0.15, 0.2) is 0 Å². The van der Waals surface area contributed by atoms with E-state index in [1.807, 2.05) is 24.4 Å². The molecule has 0 amide bonds. The van der Waals surface area contributed by atoms with Crippen LogP contribution < -0.4 is 15.0 Å². The van der Waals surface area contributed by atoms with Crippen LogP contribution in [-0.2, 0) is 6.42 Å². The molecule has 5 heteroatoms. The van der Waals surface area contributed by atoms with Crippen molar-refractivity contribution < 1.29 is 4.74 Å². The SMILES string of the molecule is CCCN(CCC)c1ccnc(NCCc2ccc(OC)cc2)n1. The lowest BCUT2D eigenvalue weighted by atomic mass is 10.1. The Morgan fingerprint density at radius 2 is 1.75 bits per heavy atom. The number of benzene rings is 1. The maximum atomic E-state index is 5.18. The first-order valence-corrected chi connectivity index (χ1v) is 8.71. The summed E-state index contributed by atoms with van der Waals surface area (Å²) in [6, 6.07) is 10.1. The van der Waals surface area contributed by atoms with E-state index >= 15 is 0 Å². The molecule has 0 atom stereocenters. The van der Waals surface area contributed by atoms with Crippen molar-refractivity contribution in [3.05, 3.63) is 42.1 Å². The van der Waals surface area contributed by atoms with E-state index in [0.29, 0.717) is 5.95 Å². The fourth-order valence-corrected chi connectivity index (χ4v) is 2.60. The van der Waals surface area contributed by atoms with Gasteiger partial charge in [-0.15, -0.1) is 0 Å². The van der Waals surface area contributed by atoms with Gasteiger partial charge in [-0.2, -0.15) is 4.98 Å². The van der Waals surface area contributed by atoms with Gasteiger partial charge in [0, 0.05) is 25.8 Å². The Bertz CT molecular complexity index is 595.